The van der Waals surface area contributed by atoms with Crippen LogP contribution in [-0.4, -0.2) is 26.5 Å². The maximum atomic E-state index is 13.4. The molecule has 2 heterocycles. The van der Waals surface area contributed by atoms with Crippen molar-refractivity contribution in [2.24, 2.45) is 0 Å². The number of fused-ring (bicyclic) bond motifs is 1. The number of hydrogen-bond acceptors (Lipinski definition) is 5. The van der Waals surface area contributed by atoms with Gasteiger partial charge in [-0.1, -0.05) is 55.6 Å². The van der Waals surface area contributed by atoms with E-state index in [0.717, 1.165) is 59.5 Å². The maximum Gasteiger partial charge on any atom is 0.268 e. The maximum absolute atomic E-state index is 13.4. The van der Waals surface area contributed by atoms with E-state index < -0.39 is 0 Å². The van der Waals surface area contributed by atoms with Crippen LogP contribution in [0.5, 0.6) is 0 Å². The molecule has 0 bridgehead atoms. The quantitative estimate of drug-likeness (QED) is 0.478. The summed E-state index contributed by atoms with van der Waals surface area (Å²) in [6, 6.07) is 4.36. The molecule has 7 heteroatoms. The van der Waals surface area contributed by atoms with Crippen molar-refractivity contribution in [3.8, 4) is 0 Å². The number of anilines is 1. The number of rotatable bonds is 5. The monoisotopic (exact) mass is 457 g/mol. The molecule has 1 aromatic heterocycles. The molecule has 1 amide bonds. The van der Waals surface area contributed by atoms with Gasteiger partial charge in [0.2, 0.25) is 5.91 Å². The van der Waals surface area contributed by atoms with Crippen molar-refractivity contribution in [2.75, 3.05) is 11.1 Å². The van der Waals surface area contributed by atoms with E-state index in [4.69, 9.17) is 4.98 Å². The average molecular weight is 458 g/mol. The van der Waals surface area contributed by atoms with E-state index in [9.17, 15) is 9.59 Å². The number of nitrogens with zero attached hydrogens (tertiary/aromatic N) is 2. The van der Waals surface area contributed by atoms with Gasteiger partial charge in [-0.05, 0) is 44.7 Å². The van der Waals surface area contributed by atoms with Gasteiger partial charge in [0.25, 0.3) is 5.56 Å². The number of benzene rings is 1. The largest absolute Gasteiger partial charge is 0.325 e. The minimum atomic E-state index is -0.0623. The molecule has 1 aliphatic carbocycles. The molecule has 0 saturated heterocycles. The van der Waals surface area contributed by atoms with E-state index >= 15 is 0 Å². The standard InChI is InChI=1S/C24H31N3O2S2/c1-14-10-15(2)21(16(3)11-14)26-20(28)13-30-24-25-19-12-17(4)31-22(19)23(29)27(24)18-8-6-5-7-9-18/h10-11,17-18H,5-9,12-13H2,1-4H3,(H,26,28). The summed E-state index contributed by atoms with van der Waals surface area (Å²) in [6.45, 7) is 8.24. The molecule has 0 radical (unpaired) electrons. The zero-order valence-electron chi connectivity index (χ0n) is 18.8. The molecule has 1 saturated carbocycles. The van der Waals surface area contributed by atoms with Crippen LogP contribution in [0.1, 0.15) is 67.5 Å². The van der Waals surface area contributed by atoms with Crippen molar-refractivity contribution in [1.82, 2.24) is 9.55 Å². The second kappa shape index (κ2) is 9.41. The molecule has 1 aliphatic heterocycles. The van der Waals surface area contributed by atoms with Crippen LogP contribution in [-0.2, 0) is 11.2 Å². The van der Waals surface area contributed by atoms with Gasteiger partial charge in [-0.2, -0.15) is 0 Å². The number of carbonyl (C=O) groups excluding carboxylic acids is 1. The lowest BCUT2D eigenvalue weighted by Crippen LogP contribution is -2.30. The normalized spacial score (nSPS) is 18.8. The highest BCUT2D eigenvalue weighted by molar-refractivity contribution is 8.00. The summed E-state index contributed by atoms with van der Waals surface area (Å²) >= 11 is 3.05. The first kappa shape index (κ1) is 22.5. The molecule has 1 fully saturated rings. The van der Waals surface area contributed by atoms with Crippen LogP contribution < -0.4 is 10.9 Å². The van der Waals surface area contributed by atoms with E-state index in [-0.39, 0.29) is 23.3 Å². The Labute approximate surface area is 192 Å². The van der Waals surface area contributed by atoms with Crippen LogP contribution in [0.15, 0.2) is 27.0 Å². The zero-order chi connectivity index (χ0) is 22.1. The number of amides is 1. The second-order valence-corrected chi connectivity index (χ2v) is 11.3. The lowest BCUT2D eigenvalue weighted by Gasteiger charge is -2.26. The van der Waals surface area contributed by atoms with Crippen LogP contribution >= 0.6 is 23.5 Å². The van der Waals surface area contributed by atoms with Gasteiger partial charge >= 0.3 is 0 Å². The first-order chi connectivity index (χ1) is 14.8. The lowest BCUT2D eigenvalue weighted by molar-refractivity contribution is -0.113. The van der Waals surface area contributed by atoms with Crippen molar-refractivity contribution in [3.05, 3.63) is 44.9 Å². The topological polar surface area (TPSA) is 64.0 Å². The number of nitrogens with one attached hydrogen (secondary N) is 1. The molecule has 1 aromatic carbocycles. The summed E-state index contributed by atoms with van der Waals surface area (Å²) in [4.78, 5) is 31.9. The van der Waals surface area contributed by atoms with E-state index in [0.29, 0.717) is 10.4 Å². The van der Waals surface area contributed by atoms with Crippen molar-refractivity contribution >= 4 is 35.1 Å². The molecule has 0 spiro atoms. The Balaban J connectivity index is 1.56. The molecule has 4 rings (SSSR count). The summed E-state index contributed by atoms with van der Waals surface area (Å²) in [5, 5.41) is 4.16. The molecule has 2 aliphatic rings. The fraction of sp³-hybridized carbons (Fsp3) is 0.542. The Morgan fingerprint density at radius 2 is 1.87 bits per heavy atom. The molecular weight excluding hydrogens is 426 g/mol. The lowest BCUT2D eigenvalue weighted by atomic mass is 9.95. The highest BCUT2D eigenvalue weighted by Gasteiger charge is 2.29. The molecule has 5 nitrogen and oxygen atoms in total. The number of hydrogen-bond donors (Lipinski definition) is 1. The van der Waals surface area contributed by atoms with Gasteiger partial charge in [-0.3, -0.25) is 14.2 Å². The highest BCUT2D eigenvalue weighted by atomic mass is 32.2. The number of aryl methyl sites for hydroxylation is 3. The second-order valence-electron chi connectivity index (χ2n) is 8.88. The average Bonchev–Trinajstić information content (AvgIpc) is 3.10. The third kappa shape index (κ3) is 4.87. The molecule has 2 aromatic rings. The summed E-state index contributed by atoms with van der Waals surface area (Å²) < 4.78 is 1.91. The van der Waals surface area contributed by atoms with E-state index in [2.05, 4.69) is 31.3 Å². The highest BCUT2D eigenvalue weighted by Crippen LogP contribution is 2.37. The number of thioether (sulfide) groups is 2. The van der Waals surface area contributed by atoms with Crippen LogP contribution in [0.3, 0.4) is 0 Å². The van der Waals surface area contributed by atoms with Crippen LogP contribution in [0.4, 0.5) is 5.69 Å². The predicted molar refractivity (Wildman–Crippen MR) is 130 cm³/mol. The summed E-state index contributed by atoms with van der Waals surface area (Å²) in [5.74, 6) is 0.181. The Kier molecular flexibility index (Phi) is 6.82. The Morgan fingerprint density at radius 3 is 2.55 bits per heavy atom. The van der Waals surface area contributed by atoms with Gasteiger partial charge in [0.1, 0.15) is 0 Å². The number of aromatic nitrogens is 2. The SMILES string of the molecule is Cc1cc(C)c(NC(=O)CSc2nc3c(c(=O)n2C2CCCCC2)SC(C)C3)c(C)c1. The third-order valence-corrected chi connectivity index (χ3v) is 8.29. The first-order valence-electron chi connectivity index (χ1n) is 11.2. The summed E-state index contributed by atoms with van der Waals surface area (Å²) in [7, 11) is 0. The van der Waals surface area contributed by atoms with E-state index in [1.807, 2.05) is 18.4 Å². The van der Waals surface area contributed by atoms with E-state index in [1.165, 1.54) is 23.7 Å². The van der Waals surface area contributed by atoms with Gasteiger partial charge in [-0.15, -0.1) is 11.8 Å². The fourth-order valence-corrected chi connectivity index (χ4v) is 6.74. The smallest absolute Gasteiger partial charge is 0.268 e. The molecule has 1 unspecified atom stereocenters. The van der Waals surface area contributed by atoms with Gasteiger partial charge in [0, 0.05) is 23.4 Å². The Bertz CT molecular complexity index is 1030. The van der Waals surface area contributed by atoms with Gasteiger partial charge in [-0.25, -0.2) is 4.98 Å². The van der Waals surface area contributed by atoms with Gasteiger partial charge in [0.05, 0.1) is 16.3 Å². The molecule has 1 atom stereocenters. The Morgan fingerprint density at radius 1 is 1.19 bits per heavy atom. The predicted octanol–water partition coefficient (Wildman–Crippen LogP) is 5.44. The minimum absolute atomic E-state index is 0.0623. The molecular formula is C24H31N3O2S2. The summed E-state index contributed by atoms with van der Waals surface area (Å²) in [5.41, 5.74) is 5.21. The molecule has 1 N–H and O–H groups in total. The van der Waals surface area contributed by atoms with Crippen molar-refractivity contribution in [3.63, 3.8) is 0 Å². The minimum Gasteiger partial charge on any atom is -0.325 e. The molecule has 31 heavy (non-hydrogen) atoms. The third-order valence-electron chi connectivity index (χ3n) is 6.13. The zero-order valence-corrected chi connectivity index (χ0v) is 20.4. The van der Waals surface area contributed by atoms with Crippen molar-refractivity contribution < 1.29 is 4.79 Å². The van der Waals surface area contributed by atoms with Crippen molar-refractivity contribution in [1.29, 1.82) is 0 Å². The number of carbonyl (C=O) groups is 1. The van der Waals surface area contributed by atoms with Crippen LogP contribution in [0.25, 0.3) is 0 Å². The summed E-state index contributed by atoms with van der Waals surface area (Å²) in [6.07, 6.45) is 6.38. The van der Waals surface area contributed by atoms with Crippen LogP contribution in [0, 0.1) is 20.8 Å². The van der Waals surface area contributed by atoms with Crippen molar-refractivity contribution in [2.45, 2.75) is 87.6 Å². The first-order valence-corrected chi connectivity index (χ1v) is 13.0. The van der Waals surface area contributed by atoms with Gasteiger partial charge in [0.15, 0.2) is 5.16 Å². The Hall–Kier alpha value is -1.73. The molecule has 166 valence electrons. The van der Waals surface area contributed by atoms with Crippen LogP contribution in [0.2, 0.25) is 0 Å². The fourth-order valence-electron chi connectivity index (χ4n) is 4.76. The van der Waals surface area contributed by atoms with Gasteiger partial charge < -0.3 is 5.32 Å². The van der Waals surface area contributed by atoms with E-state index in [1.54, 1.807) is 11.8 Å².